The first-order valence-corrected chi connectivity index (χ1v) is 7.50. The summed E-state index contributed by atoms with van der Waals surface area (Å²) in [5.74, 6) is 6.80. The summed E-state index contributed by atoms with van der Waals surface area (Å²) in [6, 6.07) is 17.4. The van der Waals surface area contributed by atoms with E-state index in [1.807, 2.05) is 0 Å². The Morgan fingerprint density at radius 3 is 2.00 bits per heavy atom. The zero-order chi connectivity index (χ0) is 14.7. The van der Waals surface area contributed by atoms with Crippen LogP contribution in [0.4, 0.5) is 0 Å². The third-order valence-electron chi connectivity index (χ3n) is 3.93. The monoisotopic (exact) mass is 315 g/mol. The Labute approximate surface area is 138 Å². The van der Waals surface area contributed by atoms with Gasteiger partial charge >= 0.3 is 0 Å². The zero-order valence-electron chi connectivity index (χ0n) is 12.8. The lowest BCUT2D eigenvalue weighted by Crippen LogP contribution is -2.34. The van der Waals surface area contributed by atoms with Gasteiger partial charge in [-0.25, -0.2) is 5.84 Å². The number of hydrogen-bond acceptors (Lipinski definition) is 3. The maximum Gasteiger partial charge on any atom is 0.145 e. The van der Waals surface area contributed by atoms with Gasteiger partial charge in [0, 0.05) is 5.56 Å². The number of hydrogen-bond donors (Lipinski definition) is 1. The first kappa shape index (κ1) is 16.5. The zero-order valence-corrected chi connectivity index (χ0v) is 13.6. The second-order valence-electron chi connectivity index (χ2n) is 5.44. The summed E-state index contributed by atoms with van der Waals surface area (Å²) in [5.41, 5.74) is 5.14. The molecule has 1 aliphatic rings. The van der Waals surface area contributed by atoms with Crippen LogP contribution in [-0.4, -0.2) is 23.9 Å². The van der Waals surface area contributed by atoms with E-state index in [-0.39, 0.29) is 12.4 Å². The molecule has 22 heavy (non-hydrogen) atoms. The van der Waals surface area contributed by atoms with Crippen LogP contribution < -0.4 is 5.84 Å². The largest absolute Gasteiger partial charge is 0.293 e. The van der Waals surface area contributed by atoms with Crippen LogP contribution in [0, 0.1) is 0 Å². The summed E-state index contributed by atoms with van der Waals surface area (Å²) in [5, 5.41) is 1.72. The first-order valence-electron chi connectivity index (χ1n) is 7.50. The van der Waals surface area contributed by atoms with Gasteiger partial charge in [0.05, 0.1) is 13.1 Å². The van der Waals surface area contributed by atoms with Gasteiger partial charge in [0.1, 0.15) is 5.84 Å². The molecule has 0 fully saturated rings. The molecule has 2 aromatic carbocycles. The molecule has 0 aliphatic carbocycles. The maximum absolute atomic E-state index is 5.90. The molecule has 0 bridgehead atoms. The fourth-order valence-corrected chi connectivity index (χ4v) is 2.62. The topological polar surface area (TPSA) is 41.6 Å². The van der Waals surface area contributed by atoms with E-state index < -0.39 is 0 Å². The summed E-state index contributed by atoms with van der Waals surface area (Å²) in [4.78, 5) is 4.44. The minimum Gasteiger partial charge on any atom is -0.293 e. The van der Waals surface area contributed by atoms with Crippen LogP contribution in [0.5, 0.6) is 0 Å². The van der Waals surface area contributed by atoms with E-state index in [0.717, 1.165) is 37.3 Å². The fourth-order valence-electron chi connectivity index (χ4n) is 2.62. The number of rotatable bonds is 4. The number of hydrazine groups is 1. The van der Waals surface area contributed by atoms with Gasteiger partial charge < -0.3 is 0 Å². The lowest BCUT2D eigenvalue weighted by Gasteiger charge is -2.13. The number of aliphatic imine (C=N–C) groups is 1. The summed E-state index contributed by atoms with van der Waals surface area (Å²) < 4.78 is 0. The van der Waals surface area contributed by atoms with E-state index in [1.165, 1.54) is 16.7 Å². The summed E-state index contributed by atoms with van der Waals surface area (Å²) >= 11 is 0. The van der Waals surface area contributed by atoms with Gasteiger partial charge in [-0.1, -0.05) is 55.5 Å². The molecule has 0 saturated carbocycles. The predicted octanol–water partition coefficient (Wildman–Crippen LogP) is 3.20. The maximum atomic E-state index is 5.90. The molecule has 2 aromatic rings. The molecule has 0 atom stereocenters. The minimum absolute atomic E-state index is 0. The van der Waals surface area contributed by atoms with Gasteiger partial charge in [-0.3, -0.25) is 10.0 Å². The Kier molecular flexibility index (Phi) is 5.58. The molecule has 116 valence electrons. The smallest absolute Gasteiger partial charge is 0.145 e. The van der Waals surface area contributed by atoms with E-state index in [4.69, 9.17) is 5.84 Å². The van der Waals surface area contributed by atoms with Gasteiger partial charge in [0.25, 0.3) is 0 Å². The number of aryl methyl sites for hydroxylation is 1. The quantitative estimate of drug-likeness (QED) is 0.880. The van der Waals surface area contributed by atoms with Crippen LogP contribution in [0.15, 0.2) is 53.5 Å². The van der Waals surface area contributed by atoms with E-state index in [1.54, 1.807) is 5.01 Å². The highest BCUT2D eigenvalue weighted by atomic mass is 35.5. The molecule has 0 amide bonds. The van der Waals surface area contributed by atoms with E-state index in [0.29, 0.717) is 0 Å². The van der Waals surface area contributed by atoms with E-state index in [9.17, 15) is 0 Å². The normalized spacial score (nSPS) is 13.7. The number of benzene rings is 2. The minimum atomic E-state index is 0. The Bertz CT molecular complexity index is 632. The highest BCUT2D eigenvalue weighted by Gasteiger charge is 2.14. The summed E-state index contributed by atoms with van der Waals surface area (Å²) in [6.45, 7) is 3.78. The fraction of sp³-hybridized carbons (Fsp3) is 0.278. The number of amidine groups is 1. The molecule has 0 saturated heterocycles. The van der Waals surface area contributed by atoms with Crippen molar-refractivity contribution < 1.29 is 0 Å². The van der Waals surface area contributed by atoms with Crippen molar-refractivity contribution in [2.24, 2.45) is 10.8 Å². The van der Waals surface area contributed by atoms with Gasteiger partial charge in [-0.05, 0) is 29.5 Å². The first-order chi connectivity index (χ1) is 10.3. The van der Waals surface area contributed by atoms with Crippen LogP contribution in [0.2, 0.25) is 0 Å². The van der Waals surface area contributed by atoms with Crippen molar-refractivity contribution in [1.29, 1.82) is 0 Å². The molecule has 3 rings (SSSR count). The molecular formula is C18H22ClN3. The molecule has 0 spiro atoms. The highest BCUT2D eigenvalue weighted by molar-refractivity contribution is 5.99. The second kappa shape index (κ2) is 7.43. The van der Waals surface area contributed by atoms with Gasteiger partial charge in [-0.2, -0.15) is 0 Å². The third-order valence-corrected chi connectivity index (χ3v) is 3.93. The van der Waals surface area contributed by atoms with Gasteiger partial charge in [0.15, 0.2) is 0 Å². The summed E-state index contributed by atoms with van der Waals surface area (Å²) in [7, 11) is 0. The van der Waals surface area contributed by atoms with Crippen molar-refractivity contribution in [2.75, 3.05) is 13.1 Å². The van der Waals surface area contributed by atoms with E-state index in [2.05, 4.69) is 60.4 Å². The SMILES string of the molecule is CCc1ccc(Cc2ccc(C3=NCCN3N)cc2)cc1.Cl. The molecule has 4 heteroatoms. The van der Waals surface area contributed by atoms with Crippen molar-refractivity contribution in [3.05, 3.63) is 70.8 Å². The van der Waals surface area contributed by atoms with Crippen molar-refractivity contribution in [3.63, 3.8) is 0 Å². The lowest BCUT2D eigenvalue weighted by atomic mass is 10.0. The highest BCUT2D eigenvalue weighted by Crippen LogP contribution is 2.14. The summed E-state index contributed by atoms with van der Waals surface area (Å²) in [6.07, 6.45) is 2.05. The molecule has 0 aromatic heterocycles. The molecular weight excluding hydrogens is 294 g/mol. The molecule has 2 N–H and O–H groups in total. The standard InChI is InChI=1S/C18H21N3.ClH/c1-2-14-3-5-15(6-4-14)13-16-7-9-17(10-8-16)18-20-11-12-21(18)19;/h3-10H,2,11-13,19H2,1H3;1H. The Hall–Kier alpha value is -1.84. The molecule has 3 nitrogen and oxygen atoms in total. The van der Waals surface area contributed by atoms with Gasteiger partial charge in [-0.15, -0.1) is 12.4 Å². The van der Waals surface area contributed by atoms with Crippen LogP contribution in [0.3, 0.4) is 0 Å². The molecule has 0 radical (unpaired) electrons. The Balaban J connectivity index is 0.00000176. The van der Waals surface area contributed by atoms with Crippen molar-refractivity contribution in [2.45, 2.75) is 19.8 Å². The van der Waals surface area contributed by atoms with Crippen molar-refractivity contribution >= 4 is 18.2 Å². The van der Waals surface area contributed by atoms with E-state index >= 15 is 0 Å². The van der Waals surface area contributed by atoms with Crippen LogP contribution in [-0.2, 0) is 12.8 Å². The van der Waals surface area contributed by atoms with Crippen molar-refractivity contribution in [3.8, 4) is 0 Å². The molecule has 1 heterocycles. The predicted molar refractivity (Wildman–Crippen MR) is 94.6 cm³/mol. The second-order valence-corrected chi connectivity index (χ2v) is 5.44. The Morgan fingerprint density at radius 1 is 0.955 bits per heavy atom. The number of nitrogens with zero attached hydrogens (tertiary/aromatic N) is 2. The van der Waals surface area contributed by atoms with Crippen LogP contribution in [0.25, 0.3) is 0 Å². The number of nitrogens with two attached hydrogens (primary N) is 1. The lowest BCUT2D eigenvalue weighted by molar-refractivity contribution is 0.484. The number of halogens is 1. The average molecular weight is 316 g/mol. The van der Waals surface area contributed by atoms with Crippen LogP contribution >= 0.6 is 12.4 Å². The Morgan fingerprint density at radius 2 is 1.50 bits per heavy atom. The van der Waals surface area contributed by atoms with Crippen LogP contribution in [0.1, 0.15) is 29.2 Å². The van der Waals surface area contributed by atoms with Crippen molar-refractivity contribution in [1.82, 2.24) is 5.01 Å². The average Bonchev–Trinajstić information content (AvgIpc) is 2.95. The molecule has 1 aliphatic heterocycles. The third kappa shape index (κ3) is 3.67. The van der Waals surface area contributed by atoms with Gasteiger partial charge in [0.2, 0.25) is 0 Å². The molecule has 0 unspecified atom stereocenters.